The predicted octanol–water partition coefficient (Wildman–Crippen LogP) is 6.24. The molecular weight excluding hydrogens is 584 g/mol. The Morgan fingerprint density at radius 1 is 0.804 bits per heavy atom. The fourth-order valence-corrected chi connectivity index (χ4v) is 6.03. The van der Waals surface area contributed by atoms with Crippen LogP contribution in [-0.2, 0) is 26.5 Å². The number of methoxy groups -OCH3 is 3. The third kappa shape index (κ3) is 6.11. The second-order valence-electron chi connectivity index (χ2n) is 11.5. The molecule has 2 N–H and O–H groups in total. The second-order valence-corrected chi connectivity index (χ2v) is 11.5. The van der Waals surface area contributed by atoms with Crippen molar-refractivity contribution in [1.82, 2.24) is 4.90 Å². The average molecular weight is 624 g/mol. The summed E-state index contributed by atoms with van der Waals surface area (Å²) in [5, 5.41) is 22.3. The number of benzene rings is 4. The van der Waals surface area contributed by atoms with Crippen molar-refractivity contribution in [2.24, 2.45) is 7.05 Å². The molecule has 9 nitrogen and oxygen atoms in total. The highest BCUT2D eigenvalue weighted by atomic mass is 16.5. The number of phenolic OH excluding ortho intramolecular Hbond substituents is 1. The first kappa shape index (κ1) is 31.0. The summed E-state index contributed by atoms with van der Waals surface area (Å²) in [5.41, 5.74) is 4.24. The number of rotatable bonds is 10. The molecule has 0 saturated heterocycles. The van der Waals surface area contributed by atoms with Crippen molar-refractivity contribution >= 4 is 10.8 Å². The van der Waals surface area contributed by atoms with Gasteiger partial charge in [-0.15, -0.1) is 0 Å². The van der Waals surface area contributed by atoms with Crippen LogP contribution < -0.4 is 28.3 Å². The van der Waals surface area contributed by atoms with Crippen molar-refractivity contribution in [2.45, 2.75) is 25.5 Å². The maximum atomic E-state index is 11.2. The smallest absolute Gasteiger partial charge is 0.202 e. The van der Waals surface area contributed by atoms with Crippen LogP contribution in [0.5, 0.6) is 46.0 Å². The van der Waals surface area contributed by atoms with Crippen molar-refractivity contribution in [3.8, 4) is 46.0 Å². The van der Waals surface area contributed by atoms with Gasteiger partial charge < -0.3 is 33.9 Å². The first-order valence-corrected chi connectivity index (χ1v) is 15.1. The maximum absolute atomic E-state index is 11.2. The molecule has 0 bridgehead atoms. The molecular formula is C37H39N2O7+. The van der Waals surface area contributed by atoms with Crippen LogP contribution in [0.25, 0.3) is 10.8 Å². The Morgan fingerprint density at radius 2 is 1.52 bits per heavy atom. The molecule has 6 rings (SSSR count). The van der Waals surface area contributed by atoms with Gasteiger partial charge in [-0.25, -0.2) is 4.57 Å². The lowest BCUT2D eigenvalue weighted by atomic mass is 9.88. The van der Waals surface area contributed by atoms with Crippen LogP contribution in [0.1, 0.15) is 28.3 Å². The molecule has 1 aliphatic heterocycles. The number of nitrogens with zero attached hydrogens (tertiary/aromatic N) is 2. The molecule has 2 heterocycles. The number of fused-ring (bicyclic) bond motifs is 2. The number of aryl methyl sites for hydroxylation is 1. The molecule has 1 unspecified atom stereocenters. The van der Waals surface area contributed by atoms with E-state index in [1.165, 1.54) is 12.7 Å². The number of pyridine rings is 1. The summed E-state index contributed by atoms with van der Waals surface area (Å²) in [6.07, 6.45) is 5.50. The summed E-state index contributed by atoms with van der Waals surface area (Å²) in [7, 11) is 8.81. The summed E-state index contributed by atoms with van der Waals surface area (Å²) < 4.78 is 31.3. The number of ether oxygens (including phenoxy) is 5. The summed E-state index contributed by atoms with van der Waals surface area (Å²) in [6.45, 7) is 0.825. The number of aliphatic hydroxyl groups excluding tert-OH is 1. The Bertz CT molecular complexity index is 1870. The minimum atomic E-state index is -0.0790. The molecule has 0 aliphatic carbocycles. The molecule has 0 radical (unpaired) electrons. The molecule has 0 fully saturated rings. The maximum Gasteiger partial charge on any atom is 0.202 e. The molecule has 1 aromatic heterocycles. The van der Waals surface area contributed by atoms with Gasteiger partial charge in [0.15, 0.2) is 46.9 Å². The lowest BCUT2D eigenvalue weighted by Gasteiger charge is -2.35. The summed E-state index contributed by atoms with van der Waals surface area (Å²) >= 11 is 0. The van der Waals surface area contributed by atoms with E-state index >= 15 is 0 Å². The van der Waals surface area contributed by atoms with Crippen LogP contribution in [0.4, 0.5) is 0 Å². The standard InChI is InChI=1S/C37H38N2O7/c1-38-14-12-26-19-35(44-5)36(41)37(29(26)21-38)46-34-20-28-25(18-32(34)43-4)13-15-39(2)30(28)16-23-6-9-27(10-7-23)45-33-17-24(22-40)8-11-31(33)42-3/h6-12,14,17-21,30,40H,13,15-16,22H2,1-5H3/p+1. The first-order chi connectivity index (χ1) is 22.3. The lowest BCUT2D eigenvalue weighted by molar-refractivity contribution is -0.670. The van der Waals surface area contributed by atoms with Crippen LogP contribution in [0.2, 0.25) is 0 Å². The van der Waals surface area contributed by atoms with Crippen molar-refractivity contribution in [2.75, 3.05) is 34.9 Å². The quantitative estimate of drug-likeness (QED) is 0.177. The lowest BCUT2D eigenvalue weighted by Crippen LogP contribution is -2.33. The van der Waals surface area contributed by atoms with Crippen molar-refractivity contribution in [1.29, 1.82) is 0 Å². The van der Waals surface area contributed by atoms with Crippen LogP contribution in [0.15, 0.2) is 79.1 Å². The van der Waals surface area contributed by atoms with Gasteiger partial charge in [0.2, 0.25) is 5.75 Å². The molecule has 4 aromatic carbocycles. The van der Waals surface area contributed by atoms with E-state index in [1.807, 2.05) is 48.3 Å². The Kier molecular flexibility index (Phi) is 8.87. The Balaban J connectivity index is 1.31. The minimum absolute atomic E-state index is 0.0716. The number of aliphatic hydroxyl groups is 1. The largest absolute Gasteiger partial charge is 0.502 e. The van der Waals surface area contributed by atoms with Gasteiger partial charge in [-0.3, -0.25) is 4.90 Å². The SMILES string of the molecule is COc1ccc(CO)cc1Oc1ccc(CC2c3cc(Oc4c(O)c(OC)cc5cc[n+](C)cc45)c(OC)cc3CCN2C)cc1. The molecule has 0 spiro atoms. The Hall–Kier alpha value is -4.99. The minimum Gasteiger partial charge on any atom is -0.502 e. The summed E-state index contributed by atoms with van der Waals surface area (Å²) in [5.74, 6) is 3.50. The van der Waals surface area contributed by atoms with Crippen molar-refractivity contribution < 1.29 is 38.5 Å². The van der Waals surface area contributed by atoms with Gasteiger partial charge in [-0.2, -0.15) is 0 Å². The highest BCUT2D eigenvalue weighted by Crippen LogP contribution is 2.47. The van der Waals surface area contributed by atoms with E-state index in [-0.39, 0.29) is 18.4 Å². The molecule has 0 amide bonds. The van der Waals surface area contributed by atoms with Gasteiger partial charge in [0.05, 0.1) is 33.3 Å². The fraction of sp³-hybridized carbons (Fsp3) is 0.270. The topological polar surface area (TPSA) is 93.7 Å². The van der Waals surface area contributed by atoms with Crippen molar-refractivity contribution in [3.63, 3.8) is 0 Å². The zero-order chi connectivity index (χ0) is 32.4. The zero-order valence-electron chi connectivity index (χ0n) is 26.7. The molecule has 0 saturated carbocycles. The zero-order valence-corrected chi connectivity index (χ0v) is 26.7. The van der Waals surface area contributed by atoms with Gasteiger partial charge in [0.1, 0.15) is 12.8 Å². The monoisotopic (exact) mass is 623 g/mol. The first-order valence-electron chi connectivity index (χ1n) is 15.1. The number of phenols is 1. The molecule has 5 aromatic rings. The average Bonchev–Trinajstić information content (AvgIpc) is 3.07. The summed E-state index contributed by atoms with van der Waals surface area (Å²) in [4.78, 5) is 2.35. The summed E-state index contributed by atoms with van der Waals surface area (Å²) in [6, 6.07) is 21.3. The molecule has 1 atom stereocenters. The molecule has 46 heavy (non-hydrogen) atoms. The van der Waals surface area contributed by atoms with Gasteiger partial charge in [0.25, 0.3) is 0 Å². The highest BCUT2D eigenvalue weighted by Gasteiger charge is 2.28. The van der Waals surface area contributed by atoms with E-state index < -0.39 is 0 Å². The van der Waals surface area contributed by atoms with E-state index in [4.69, 9.17) is 23.7 Å². The van der Waals surface area contributed by atoms with Gasteiger partial charge in [-0.05, 0) is 84.6 Å². The Morgan fingerprint density at radius 3 is 2.24 bits per heavy atom. The normalized spacial score (nSPS) is 14.5. The van der Waals surface area contributed by atoms with E-state index in [2.05, 4.69) is 30.1 Å². The number of aromatic hydroxyl groups is 1. The number of hydrogen-bond acceptors (Lipinski definition) is 8. The highest BCUT2D eigenvalue weighted by molar-refractivity contribution is 5.92. The van der Waals surface area contributed by atoms with Gasteiger partial charge in [0, 0.05) is 24.0 Å². The third-order valence-corrected chi connectivity index (χ3v) is 8.59. The van der Waals surface area contributed by atoms with E-state index in [1.54, 1.807) is 38.5 Å². The fourth-order valence-electron chi connectivity index (χ4n) is 6.03. The number of likely N-dealkylation sites (N-methyl/N-ethyl adjacent to an activating group) is 1. The van der Waals surface area contributed by atoms with Gasteiger partial charge in [-0.1, -0.05) is 18.2 Å². The third-order valence-electron chi connectivity index (χ3n) is 8.59. The molecule has 238 valence electrons. The van der Waals surface area contributed by atoms with Crippen LogP contribution in [0, 0.1) is 0 Å². The van der Waals surface area contributed by atoms with E-state index in [0.717, 1.165) is 46.8 Å². The number of hydrogen-bond donors (Lipinski definition) is 2. The second kappa shape index (κ2) is 13.2. The molecule has 1 aliphatic rings. The van der Waals surface area contributed by atoms with Crippen LogP contribution in [0.3, 0.4) is 0 Å². The van der Waals surface area contributed by atoms with Crippen molar-refractivity contribution in [3.05, 3.63) is 101 Å². The predicted molar refractivity (Wildman–Crippen MR) is 175 cm³/mol. The van der Waals surface area contributed by atoms with Crippen LogP contribution >= 0.6 is 0 Å². The number of aromatic nitrogens is 1. The van der Waals surface area contributed by atoms with E-state index in [9.17, 15) is 10.2 Å². The Labute approximate surface area is 268 Å². The van der Waals surface area contributed by atoms with Crippen LogP contribution in [-0.4, -0.2) is 50.0 Å². The van der Waals surface area contributed by atoms with Gasteiger partial charge >= 0.3 is 0 Å². The molecule has 9 heteroatoms. The van der Waals surface area contributed by atoms with E-state index in [0.29, 0.717) is 40.2 Å².